The van der Waals surface area contributed by atoms with Gasteiger partial charge in [-0.05, 0) is 42.8 Å². The molecule has 0 spiro atoms. The lowest BCUT2D eigenvalue weighted by molar-refractivity contribution is -0.117. The summed E-state index contributed by atoms with van der Waals surface area (Å²) < 4.78 is 21.2. The summed E-state index contributed by atoms with van der Waals surface area (Å²) in [6.07, 6.45) is 3.14. The maximum absolute atomic E-state index is 12.3. The summed E-state index contributed by atoms with van der Waals surface area (Å²) >= 11 is 0. The molecule has 0 saturated carbocycles. The second kappa shape index (κ2) is 9.52. The van der Waals surface area contributed by atoms with Crippen molar-refractivity contribution in [2.45, 2.75) is 13.0 Å². The third-order valence-electron chi connectivity index (χ3n) is 4.12. The van der Waals surface area contributed by atoms with Crippen molar-refractivity contribution < 1.29 is 23.7 Å². The van der Waals surface area contributed by atoms with E-state index in [9.17, 15) is 4.79 Å². The van der Waals surface area contributed by atoms with Crippen LogP contribution in [0, 0.1) is 0 Å². The molecular weight excluding hydrogens is 346 g/mol. The first-order valence-electron chi connectivity index (χ1n) is 8.45. The van der Waals surface area contributed by atoms with E-state index in [0.29, 0.717) is 22.8 Å². The van der Waals surface area contributed by atoms with Crippen LogP contribution in [0.2, 0.25) is 0 Å². The summed E-state index contributed by atoms with van der Waals surface area (Å²) in [5.74, 6) is 2.11. The van der Waals surface area contributed by atoms with Crippen molar-refractivity contribution in [2.24, 2.45) is 0 Å². The van der Waals surface area contributed by atoms with Crippen molar-refractivity contribution in [3.8, 4) is 23.0 Å². The first kappa shape index (κ1) is 20.2. The average Bonchev–Trinajstić information content (AvgIpc) is 2.71. The molecule has 1 N–H and O–H groups in total. The molecule has 1 unspecified atom stereocenters. The van der Waals surface area contributed by atoms with Gasteiger partial charge >= 0.3 is 0 Å². The maximum Gasteiger partial charge on any atom is 0.244 e. The Morgan fingerprint density at radius 3 is 2.11 bits per heavy atom. The Balaban J connectivity index is 2.11. The van der Waals surface area contributed by atoms with Gasteiger partial charge in [-0.3, -0.25) is 4.79 Å². The molecule has 6 nitrogen and oxygen atoms in total. The highest BCUT2D eigenvalue weighted by Gasteiger charge is 2.14. The molecule has 1 atom stereocenters. The third-order valence-corrected chi connectivity index (χ3v) is 4.12. The van der Waals surface area contributed by atoms with E-state index in [4.69, 9.17) is 18.9 Å². The average molecular weight is 371 g/mol. The Labute approximate surface area is 159 Å². The number of benzene rings is 2. The van der Waals surface area contributed by atoms with Crippen molar-refractivity contribution in [3.05, 3.63) is 53.6 Å². The molecule has 0 aliphatic rings. The second-order valence-corrected chi connectivity index (χ2v) is 5.76. The largest absolute Gasteiger partial charge is 0.497 e. The molecule has 2 rings (SSSR count). The van der Waals surface area contributed by atoms with Gasteiger partial charge in [0.2, 0.25) is 11.7 Å². The minimum atomic E-state index is -0.213. The highest BCUT2D eigenvalue weighted by Crippen LogP contribution is 2.40. The minimum Gasteiger partial charge on any atom is -0.497 e. The van der Waals surface area contributed by atoms with Crippen LogP contribution < -0.4 is 24.3 Å². The van der Waals surface area contributed by atoms with Gasteiger partial charge in [0, 0.05) is 11.6 Å². The van der Waals surface area contributed by atoms with Crippen molar-refractivity contribution in [1.29, 1.82) is 0 Å². The topological polar surface area (TPSA) is 66.0 Å². The Bertz CT molecular complexity index is 799. The standard InChI is InChI=1S/C21H25NO5/c1-14(15-6-10-17(24-2)11-7-15)22-19(23)13-9-16-8-12-18(25-3)21(27-5)20(16)26-4/h6-14H,1-5H3,(H,22,23)/b13-9+. The van der Waals surface area contributed by atoms with Gasteiger partial charge < -0.3 is 24.3 Å². The molecule has 144 valence electrons. The Morgan fingerprint density at radius 2 is 1.56 bits per heavy atom. The number of carbonyl (C=O) groups excluding carboxylic acids is 1. The number of ether oxygens (including phenoxy) is 4. The molecule has 6 heteroatoms. The molecule has 0 heterocycles. The zero-order valence-corrected chi connectivity index (χ0v) is 16.2. The van der Waals surface area contributed by atoms with Crippen LogP contribution in [-0.4, -0.2) is 34.3 Å². The van der Waals surface area contributed by atoms with Gasteiger partial charge in [-0.1, -0.05) is 12.1 Å². The van der Waals surface area contributed by atoms with Crippen LogP contribution in [0.4, 0.5) is 0 Å². The molecular formula is C21H25NO5. The van der Waals surface area contributed by atoms with Crippen LogP contribution >= 0.6 is 0 Å². The fourth-order valence-electron chi connectivity index (χ4n) is 2.66. The lowest BCUT2D eigenvalue weighted by Crippen LogP contribution is -2.24. The van der Waals surface area contributed by atoms with Crippen LogP contribution in [-0.2, 0) is 4.79 Å². The van der Waals surface area contributed by atoms with E-state index >= 15 is 0 Å². The van der Waals surface area contributed by atoms with Crippen LogP contribution in [0.3, 0.4) is 0 Å². The van der Waals surface area contributed by atoms with Gasteiger partial charge in [-0.15, -0.1) is 0 Å². The summed E-state index contributed by atoms with van der Waals surface area (Å²) in [7, 11) is 6.26. The summed E-state index contributed by atoms with van der Waals surface area (Å²) in [5.41, 5.74) is 1.70. The number of amides is 1. The number of methoxy groups -OCH3 is 4. The van der Waals surface area contributed by atoms with Crippen LogP contribution in [0.15, 0.2) is 42.5 Å². The van der Waals surface area contributed by atoms with E-state index in [1.807, 2.05) is 31.2 Å². The second-order valence-electron chi connectivity index (χ2n) is 5.76. The van der Waals surface area contributed by atoms with E-state index < -0.39 is 0 Å². The predicted molar refractivity (Wildman–Crippen MR) is 105 cm³/mol. The number of hydrogen-bond acceptors (Lipinski definition) is 5. The molecule has 0 fully saturated rings. The number of carbonyl (C=O) groups is 1. The SMILES string of the molecule is COc1ccc(C(C)NC(=O)/C=C/c2ccc(OC)c(OC)c2OC)cc1. The quantitative estimate of drug-likeness (QED) is 0.718. The highest BCUT2D eigenvalue weighted by atomic mass is 16.5. The van der Waals surface area contributed by atoms with Gasteiger partial charge in [0.15, 0.2) is 11.5 Å². The monoisotopic (exact) mass is 371 g/mol. The van der Waals surface area contributed by atoms with Gasteiger partial charge in [0.1, 0.15) is 5.75 Å². The smallest absolute Gasteiger partial charge is 0.244 e. The van der Waals surface area contributed by atoms with Crippen LogP contribution in [0.1, 0.15) is 24.1 Å². The fraction of sp³-hybridized carbons (Fsp3) is 0.286. The van der Waals surface area contributed by atoms with Crippen molar-refractivity contribution in [2.75, 3.05) is 28.4 Å². The maximum atomic E-state index is 12.3. The molecule has 27 heavy (non-hydrogen) atoms. The van der Waals surface area contributed by atoms with Gasteiger partial charge in [-0.25, -0.2) is 0 Å². The summed E-state index contributed by atoms with van der Waals surface area (Å²) in [6, 6.07) is 11.0. The number of nitrogens with one attached hydrogen (secondary N) is 1. The molecule has 0 saturated heterocycles. The highest BCUT2D eigenvalue weighted by molar-refractivity contribution is 5.92. The Hall–Kier alpha value is -3.15. The van der Waals surface area contributed by atoms with Crippen molar-refractivity contribution >= 4 is 12.0 Å². The lowest BCUT2D eigenvalue weighted by atomic mass is 10.1. The molecule has 0 bridgehead atoms. The van der Waals surface area contributed by atoms with Gasteiger partial charge in [-0.2, -0.15) is 0 Å². The van der Waals surface area contributed by atoms with Crippen molar-refractivity contribution in [1.82, 2.24) is 5.32 Å². The normalized spacial score (nSPS) is 11.7. The molecule has 0 radical (unpaired) electrons. The van der Waals surface area contributed by atoms with Gasteiger partial charge in [0.05, 0.1) is 34.5 Å². The molecule has 2 aromatic rings. The lowest BCUT2D eigenvalue weighted by Gasteiger charge is -2.15. The van der Waals surface area contributed by atoms with E-state index in [-0.39, 0.29) is 11.9 Å². The molecule has 0 aliphatic carbocycles. The third kappa shape index (κ3) is 4.94. The van der Waals surface area contributed by atoms with Crippen LogP contribution in [0.5, 0.6) is 23.0 Å². The molecule has 0 aromatic heterocycles. The zero-order valence-electron chi connectivity index (χ0n) is 16.2. The van der Waals surface area contributed by atoms with Crippen molar-refractivity contribution in [3.63, 3.8) is 0 Å². The van der Waals surface area contributed by atoms with E-state index in [2.05, 4.69) is 5.32 Å². The Kier molecular flexibility index (Phi) is 7.11. The summed E-state index contributed by atoms with van der Waals surface area (Å²) in [4.78, 5) is 12.3. The first-order chi connectivity index (χ1) is 13.0. The fourth-order valence-corrected chi connectivity index (χ4v) is 2.66. The van der Waals surface area contributed by atoms with Crippen LogP contribution in [0.25, 0.3) is 6.08 Å². The van der Waals surface area contributed by atoms with E-state index in [1.54, 1.807) is 39.5 Å². The van der Waals surface area contributed by atoms with E-state index in [1.165, 1.54) is 13.2 Å². The molecule has 2 aromatic carbocycles. The summed E-state index contributed by atoms with van der Waals surface area (Å²) in [5, 5.41) is 2.93. The number of hydrogen-bond donors (Lipinski definition) is 1. The summed E-state index contributed by atoms with van der Waals surface area (Å²) in [6.45, 7) is 1.92. The first-order valence-corrected chi connectivity index (χ1v) is 8.45. The Morgan fingerprint density at radius 1 is 0.889 bits per heavy atom. The van der Waals surface area contributed by atoms with Gasteiger partial charge in [0.25, 0.3) is 0 Å². The predicted octanol–water partition coefficient (Wildman–Crippen LogP) is 3.61. The van der Waals surface area contributed by atoms with E-state index in [0.717, 1.165) is 11.3 Å². The minimum absolute atomic E-state index is 0.139. The number of rotatable bonds is 8. The molecule has 1 amide bonds. The molecule has 0 aliphatic heterocycles. The zero-order chi connectivity index (χ0) is 19.8.